The van der Waals surface area contributed by atoms with E-state index in [4.69, 9.17) is 20.4 Å². The molecule has 10 rings (SSSR count). The molecular weight excluding hydrogens is 1000 g/mol. The number of carbonyl (C=O) groups is 3. The zero-order valence-corrected chi connectivity index (χ0v) is 45.5. The predicted molar refractivity (Wildman–Crippen MR) is 294 cm³/mol. The Labute approximate surface area is 454 Å². The molecule has 0 spiro atoms. The number of nitrogens with one attached hydrogen (secondary N) is 2. The number of halogens is 1. The molecule has 18 nitrogen and oxygen atoms in total. The highest BCUT2D eigenvalue weighted by atomic mass is 32.1. The van der Waals surface area contributed by atoms with Crippen molar-refractivity contribution in [3.05, 3.63) is 83.3 Å². The van der Waals surface area contributed by atoms with Gasteiger partial charge in [-0.1, -0.05) is 57.9 Å². The number of piperazine rings is 1. The van der Waals surface area contributed by atoms with Gasteiger partial charge in [-0.2, -0.15) is 0 Å². The van der Waals surface area contributed by atoms with Gasteiger partial charge in [0, 0.05) is 68.2 Å². The van der Waals surface area contributed by atoms with Crippen LogP contribution in [0.2, 0.25) is 0 Å². The second-order valence-electron chi connectivity index (χ2n) is 22.9. The zero-order chi connectivity index (χ0) is 54.0. The van der Waals surface area contributed by atoms with Crippen molar-refractivity contribution in [2.45, 2.75) is 147 Å². The van der Waals surface area contributed by atoms with Gasteiger partial charge in [-0.3, -0.25) is 14.4 Å². The number of carbonyl (C=O) groups excluding carboxylic acids is 3. The monoisotopic (exact) mass is 1070 g/mol. The number of anilines is 3. The standard InChI is InChI=1S/C57H73FN12O6S/c1-35-49(77-34-63-35)37-13-14-38(28-60-52(73)46-26-42(71)33-69(46)53(74)50(56(2,3)4)64-54(75)57(58)19-20-57)48(25-37)76-24-10-6-5-9-21-67-22-17-36(18-23-67)39-29-61-55(62-30-39)70-40-15-16-41(70)32-68(31-40)45-27-44(65-66-51(45)59)43-11-7-8-12-47(43)72/h7-8,11-14,25,27,29-30,34,36,40-42,46,50,71-72H,5-6,9-10,15-24,26,28,31-33H2,1-4H3,(H2,59,66)(H,60,73)(H,64,75)/t40?,41?,42?,46?,50-/m1/s1. The molecule has 5 aliphatic rings. The number of likely N-dealkylation sites (tertiary alicyclic amines) is 2. The van der Waals surface area contributed by atoms with Gasteiger partial charge in [0.2, 0.25) is 17.8 Å². The summed E-state index contributed by atoms with van der Waals surface area (Å²) in [6, 6.07) is 13.4. The molecule has 1 aliphatic carbocycles. The molecule has 77 heavy (non-hydrogen) atoms. The van der Waals surface area contributed by atoms with E-state index >= 15 is 0 Å². The predicted octanol–water partition coefficient (Wildman–Crippen LogP) is 6.94. The van der Waals surface area contributed by atoms with Gasteiger partial charge in [0.25, 0.3) is 5.91 Å². The van der Waals surface area contributed by atoms with Crippen molar-refractivity contribution in [3.8, 4) is 33.2 Å². The lowest BCUT2D eigenvalue weighted by atomic mass is 9.85. The van der Waals surface area contributed by atoms with Crippen molar-refractivity contribution in [2.75, 3.05) is 61.4 Å². The molecular formula is C57H73FN12O6S. The van der Waals surface area contributed by atoms with E-state index in [-0.39, 0.29) is 50.2 Å². The molecule has 5 fully saturated rings. The number of ether oxygens (including phenoxy) is 1. The van der Waals surface area contributed by atoms with Crippen LogP contribution in [0.1, 0.15) is 114 Å². The number of fused-ring (bicyclic) bond motifs is 2. The lowest BCUT2D eigenvalue weighted by Gasteiger charge is -2.42. The van der Waals surface area contributed by atoms with Crippen LogP contribution < -0.4 is 30.9 Å². The minimum absolute atomic E-state index is 0.0445. The summed E-state index contributed by atoms with van der Waals surface area (Å²) in [5.41, 5.74) is 11.4. The summed E-state index contributed by atoms with van der Waals surface area (Å²) in [4.78, 5) is 64.5. The number of aryl methyl sites for hydroxylation is 1. The van der Waals surface area contributed by atoms with Gasteiger partial charge in [-0.05, 0) is 125 Å². The number of nitrogens with two attached hydrogens (primary N) is 1. The van der Waals surface area contributed by atoms with Crippen LogP contribution in [0, 0.1) is 12.3 Å². The van der Waals surface area contributed by atoms with E-state index in [1.54, 1.807) is 44.2 Å². The van der Waals surface area contributed by atoms with E-state index in [9.17, 15) is 29.0 Å². The Balaban J connectivity index is 0.668. The average molecular weight is 1070 g/mol. The van der Waals surface area contributed by atoms with Crippen LogP contribution in [-0.2, 0) is 20.9 Å². The molecule has 410 valence electrons. The number of piperidine rings is 1. The van der Waals surface area contributed by atoms with E-state index in [1.807, 2.05) is 61.2 Å². The van der Waals surface area contributed by atoms with Gasteiger partial charge in [0.15, 0.2) is 11.5 Å². The molecule has 6 N–H and O–H groups in total. The molecule has 4 saturated heterocycles. The van der Waals surface area contributed by atoms with Crippen molar-refractivity contribution in [1.82, 2.24) is 45.6 Å². The first kappa shape index (κ1) is 53.9. The Morgan fingerprint density at radius 3 is 2.35 bits per heavy atom. The maximum absolute atomic E-state index is 14.7. The third-order valence-corrected chi connectivity index (χ3v) is 17.2. The van der Waals surface area contributed by atoms with Gasteiger partial charge in [-0.15, -0.1) is 21.5 Å². The van der Waals surface area contributed by atoms with Crippen molar-refractivity contribution in [2.24, 2.45) is 5.41 Å². The highest BCUT2D eigenvalue weighted by Gasteiger charge is 2.53. The van der Waals surface area contributed by atoms with Crippen LogP contribution in [0.15, 0.2) is 66.4 Å². The number of amides is 3. The molecule has 5 aromatic rings. The average Bonchev–Trinajstić information content (AvgIpc) is 3.74. The maximum Gasteiger partial charge on any atom is 0.258 e. The number of hydrogen-bond acceptors (Lipinski definition) is 16. The summed E-state index contributed by atoms with van der Waals surface area (Å²) in [6.45, 7) is 12.6. The minimum Gasteiger partial charge on any atom is -0.507 e. The second-order valence-corrected chi connectivity index (χ2v) is 23.7. The second kappa shape index (κ2) is 22.8. The van der Waals surface area contributed by atoms with E-state index in [0.717, 1.165) is 117 Å². The minimum atomic E-state index is -1.96. The number of rotatable bonds is 19. The Morgan fingerprint density at radius 2 is 1.66 bits per heavy atom. The van der Waals surface area contributed by atoms with Crippen LogP contribution >= 0.6 is 11.3 Å². The van der Waals surface area contributed by atoms with Crippen molar-refractivity contribution < 1.29 is 33.7 Å². The summed E-state index contributed by atoms with van der Waals surface area (Å²) in [6.07, 6.45) is 11.8. The number of β-amino-alcohol motifs (C(OH)–C–C–N with tert-alkyl or cyclic N) is 1. The van der Waals surface area contributed by atoms with Gasteiger partial charge in [0.05, 0.1) is 40.2 Å². The number of nitrogens with zero attached hydrogens (tertiary/aromatic N) is 9. The smallest absolute Gasteiger partial charge is 0.258 e. The Kier molecular flexibility index (Phi) is 16.0. The largest absolute Gasteiger partial charge is 0.507 e. The van der Waals surface area contributed by atoms with Gasteiger partial charge in [-0.25, -0.2) is 19.3 Å². The van der Waals surface area contributed by atoms with E-state index in [0.29, 0.717) is 35.3 Å². The van der Waals surface area contributed by atoms with Crippen LogP contribution in [-0.4, -0.2) is 145 Å². The number of nitrogen functional groups attached to an aromatic ring is 1. The molecule has 2 aromatic carbocycles. The molecule has 7 heterocycles. The normalized spacial score (nSPS) is 21.8. The number of benzene rings is 2. The number of aliphatic hydroxyl groups is 1. The zero-order valence-electron chi connectivity index (χ0n) is 44.7. The molecule has 5 atom stereocenters. The summed E-state index contributed by atoms with van der Waals surface area (Å²) in [5.74, 6) is 0.647. The fourth-order valence-electron chi connectivity index (χ4n) is 11.6. The van der Waals surface area contributed by atoms with Gasteiger partial charge in [0.1, 0.15) is 23.6 Å². The number of phenolic OH excluding ortho intramolecular Hbond substituents is 1. The first-order valence-electron chi connectivity index (χ1n) is 27.4. The number of hydrogen-bond donors (Lipinski definition) is 5. The molecule has 3 aromatic heterocycles. The number of aliphatic hydroxyl groups excluding tert-OH is 1. The number of aromatic nitrogens is 5. The van der Waals surface area contributed by atoms with Crippen LogP contribution in [0.4, 0.5) is 21.8 Å². The van der Waals surface area contributed by atoms with Crippen molar-refractivity contribution in [1.29, 1.82) is 0 Å². The fourth-order valence-corrected chi connectivity index (χ4v) is 12.4. The summed E-state index contributed by atoms with van der Waals surface area (Å²) < 4.78 is 21.1. The number of unbranched alkanes of at least 4 members (excludes halogenated alkanes) is 3. The van der Waals surface area contributed by atoms with Crippen LogP contribution in [0.5, 0.6) is 11.5 Å². The molecule has 3 amide bonds. The third kappa shape index (κ3) is 12.1. The van der Waals surface area contributed by atoms with Gasteiger partial charge < -0.3 is 50.9 Å². The number of thiazole rings is 1. The SMILES string of the molecule is Cc1ncsc1-c1ccc(CNC(=O)C2CC(O)CN2C(=O)[C@@H](NC(=O)C2(F)CC2)C(C)(C)C)c(OCCCCCCN2CCC(c3cnc(N4C5CCC4CN(c4cc(-c6ccccc6O)nnc4N)C5)nc3)CC2)c1. The highest BCUT2D eigenvalue weighted by molar-refractivity contribution is 7.13. The topological polar surface area (TPSA) is 228 Å². The Hall–Kier alpha value is -6.51. The molecule has 1 saturated carbocycles. The van der Waals surface area contributed by atoms with Gasteiger partial charge >= 0.3 is 0 Å². The van der Waals surface area contributed by atoms with E-state index < -0.39 is 47.0 Å². The van der Waals surface area contributed by atoms with Crippen LogP contribution in [0.25, 0.3) is 21.7 Å². The molecule has 4 aliphatic heterocycles. The summed E-state index contributed by atoms with van der Waals surface area (Å²) >= 11 is 1.56. The third-order valence-electron chi connectivity index (χ3n) is 16.3. The fraction of sp³-hybridized carbons (Fsp3) is 0.544. The number of aromatic hydroxyl groups is 1. The van der Waals surface area contributed by atoms with Crippen LogP contribution in [0.3, 0.4) is 0 Å². The van der Waals surface area contributed by atoms with E-state index in [1.165, 1.54) is 10.5 Å². The number of phenols is 1. The number of para-hydroxylation sites is 1. The molecule has 4 unspecified atom stereocenters. The quantitative estimate of drug-likeness (QED) is 0.0528. The summed E-state index contributed by atoms with van der Waals surface area (Å²) in [7, 11) is 0. The highest BCUT2D eigenvalue weighted by Crippen LogP contribution is 2.42. The molecule has 0 radical (unpaired) electrons. The first-order chi connectivity index (χ1) is 37.0. The van der Waals surface area contributed by atoms with Crippen molar-refractivity contribution >= 4 is 46.5 Å². The van der Waals surface area contributed by atoms with E-state index in [2.05, 4.69) is 40.5 Å². The molecule has 20 heteroatoms. The first-order valence-corrected chi connectivity index (χ1v) is 28.3. The lowest BCUT2D eigenvalue weighted by molar-refractivity contribution is -0.145. The summed E-state index contributed by atoms with van der Waals surface area (Å²) in [5, 5.41) is 35.3. The lowest BCUT2D eigenvalue weighted by Crippen LogP contribution is -2.59. The maximum atomic E-state index is 14.7. The number of alkyl halides is 1. The Bertz CT molecular complexity index is 2890. The Morgan fingerprint density at radius 1 is 0.935 bits per heavy atom. The molecule has 2 bridgehead atoms. The van der Waals surface area contributed by atoms with Crippen molar-refractivity contribution in [3.63, 3.8) is 0 Å².